The van der Waals surface area contributed by atoms with Crippen LogP contribution in [0.3, 0.4) is 0 Å². The Kier molecular flexibility index (Phi) is 6.56. The molecule has 3 aromatic heterocycles. The van der Waals surface area contributed by atoms with Crippen molar-refractivity contribution in [2.24, 2.45) is 0 Å². The van der Waals surface area contributed by atoms with E-state index < -0.39 is 0 Å². The fourth-order valence-electron chi connectivity index (χ4n) is 10.8. The smallest absolute Gasteiger partial charge is 0.0547 e. The molecule has 13 aromatic rings. The summed E-state index contributed by atoms with van der Waals surface area (Å²) in [4.78, 5) is 0. The Morgan fingerprint density at radius 1 is 0.246 bits per heavy atom. The molecule has 0 atom stereocenters. The number of benzene rings is 10. The Hall–Kier alpha value is -8.14. The maximum atomic E-state index is 2.45. The molecule has 0 saturated carbocycles. The Morgan fingerprint density at radius 3 is 1.49 bits per heavy atom. The van der Waals surface area contributed by atoms with Crippen LogP contribution in [0.25, 0.3) is 127 Å². The largest absolute Gasteiger partial charge is 0.309 e. The van der Waals surface area contributed by atoms with Crippen LogP contribution in [0.1, 0.15) is 0 Å². The Bertz CT molecular complexity index is 3970. The van der Waals surface area contributed by atoms with Crippen LogP contribution >= 0.6 is 0 Å². The lowest BCUT2D eigenvalue weighted by Crippen LogP contribution is -1.97. The van der Waals surface area contributed by atoms with Crippen molar-refractivity contribution in [2.45, 2.75) is 0 Å². The third-order valence-corrected chi connectivity index (χ3v) is 13.4. The molecule has 1 aliphatic carbocycles. The first-order chi connectivity index (χ1) is 30.3. The van der Waals surface area contributed by atoms with E-state index in [2.05, 4.69) is 226 Å². The van der Waals surface area contributed by atoms with Gasteiger partial charge in [-0.05, 0) is 117 Å². The van der Waals surface area contributed by atoms with Gasteiger partial charge in [0.15, 0.2) is 0 Å². The zero-order valence-corrected chi connectivity index (χ0v) is 33.0. The van der Waals surface area contributed by atoms with E-state index in [1.54, 1.807) is 0 Å². The number of hydrogen-bond acceptors (Lipinski definition) is 0. The molecular weight excluding hydrogens is 739 g/mol. The first kappa shape index (κ1) is 32.8. The van der Waals surface area contributed by atoms with Gasteiger partial charge in [0.25, 0.3) is 0 Å². The van der Waals surface area contributed by atoms with E-state index >= 15 is 0 Å². The highest BCUT2D eigenvalue weighted by Crippen LogP contribution is 2.52. The fourth-order valence-corrected chi connectivity index (χ4v) is 10.8. The summed E-state index contributed by atoms with van der Waals surface area (Å²) in [6.07, 6.45) is 0. The molecule has 1 aliphatic rings. The minimum absolute atomic E-state index is 1.14. The minimum atomic E-state index is 1.14. The van der Waals surface area contributed by atoms with Crippen LogP contribution in [0.5, 0.6) is 0 Å². The van der Waals surface area contributed by atoms with Gasteiger partial charge in [0.1, 0.15) is 0 Å². The molecule has 3 nitrogen and oxygen atoms in total. The lowest BCUT2D eigenvalue weighted by atomic mass is 9.98. The molecule has 0 spiro atoms. The number of rotatable bonds is 4. The van der Waals surface area contributed by atoms with Gasteiger partial charge in [-0.2, -0.15) is 0 Å². The highest BCUT2D eigenvalue weighted by Gasteiger charge is 2.26. The van der Waals surface area contributed by atoms with E-state index in [9.17, 15) is 0 Å². The quantitative estimate of drug-likeness (QED) is 0.169. The van der Waals surface area contributed by atoms with E-state index in [1.165, 1.54) is 115 Å². The van der Waals surface area contributed by atoms with Gasteiger partial charge in [-0.15, -0.1) is 0 Å². The predicted molar refractivity (Wildman–Crippen MR) is 257 cm³/mol. The molecule has 0 radical (unpaired) electrons. The number of nitrogens with zero attached hydrogens (tertiary/aromatic N) is 3. The van der Waals surface area contributed by atoms with Gasteiger partial charge in [0.2, 0.25) is 0 Å². The molecule has 0 saturated heterocycles. The van der Waals surface area contributed by atoms with Gasteiger partial charge < -0.3 is 13.7 Å². The normalized spacial score (nSPS) is 12.3. The predicted octanol–water partition coefficient (Wildman–Crippen LogP) is 15.4. The molecule has 61 heavy (non-hydrogen) atoms. The Morgan fingerprint density at radius 2 is 0.754 bits per heavy atom. The summed E-state index contributed by atoms with van der Waals surface area (Å²) in [6, 6.07) is 78.4. The van der Waals surface area contributed by atoms with E-state index in [-0.39, 0.29) is 0 Å². The maximum absolute atomic E-state index is 2.45. The number of fused-ring (bicyclic) bond motifs is 13. The summed E-state index contributed by atoms with van der Waals surface area (Å²) >= 11 is 0. The first-order valence-corrected chi connectivity index (χ1v) is 21.1. The monoisotopic (exact) mass is 773 g/mol. The number of aromatic nitrogens is 3. The summed E-state index contributed by atoms with van der Waals surface area (Å²) in [5.41, 5.74) is 18.4. The van der Waals surface area contributed by atoms with Crippen LogP contribution in [-0.4, -0.2) is 13.7 Å². The fraction of sp³-hybridized carbons (Fsp3) is 0. The lowest BCUT2D eigenvalue weighted by Gasteiger charge is -2.13. The van der Waals surface area contributed by atoms with Gasteiger partial charge in [0.05, 0.1) is 33.1 Å². The van der Waals surface area contributed by atoms with Crippen LogP contribution in [-0.2, 0) is 0 Å². The van der Waals surface area contributed by atoms with Crippen LogP contribution in [0, 0.1) is 0 Å². The van der Waals surface area contributed by atoms with Crippen LogP contribution in [0.15, 0.2) is 212 Å². The van der Waals surface area contributed by atoms with Crippen LogP contribution in [0.2, 0.25) is 0 Å². The Labute approximate surface area is 351 Å². The molecule has 0 amide bonds. The zero-order chi connectivity index (χ0) is 39.8. The van der Waals surface area contributed by atoms with Crippen LogP contribution < -0.4 is 0 Å². The number of para-hydroxylation sites is 4. The molecule has 14 rings (SSSR count). The zero-order valence-electron chi connectivity index (χ0n) is 33.0. The molecule has 3 heteroatoms. The highest BCUT2D eigenvalue weighted by molar-refractivity contribution is 6.26. The van der Waals surface area contributed by atoms with E-state index in [0.717, 1.165) is 11.4 Å². The van der Waals surface area contributed by atoms with Crippen LogP contribution in [0.4, 0.5) is 0 Å². The summed E-state index contributed by atoms with van der Waals surface area (Å²) in [7, 11) is 0. The SMILES string of the molecule is c1ccc(-n2c3ccccc3c3cc(-c4ccc5c6ccccc6n(-c6ccc(-n7c8ccccc8c8c9c(ccc87)-c7cccc8cccc-9c78)cc6)c5c4)ccc32)cc1. The molecule has 0 bridgehead atoms. The van der Waals surface area contributed by atoms with Crippen molar-refractivity contribution in [3.8, 4) is 50.4 Å². The molecule has 0 fully saturated rings. The molecule has 0 aliphatic heterocycles. The van der Waals surface area contributed by atoms with Gasteiger partial charge in [-0.3, -0.25) is 0 Å². The van der Waals surface area contributed by atoms with Crippen molar-refractivity contribution in [1.29, 1.82) is 0 Å². The number of hydrogen-bond donors (Lipinski definition) is 0. The van der Waals surface area contributed by atoms with Crippen molar-refractivity contribution in [3.63, 3.8) is 0 Å². The molecule has 10 aromatic carbocycles. The van der Waals surface area contributed by atoms with Gasteiger partial charge in [-0.25, -0.2) is 0 Å². The van der Waals surface area contributed by atoms with E-state index in [1.807, 2.05) is 0 Å². The second-order valence-electron chi connectivity index (χ2n) is 16.5. The van der Waals surface area contributed by atoms with Crippen molar-refractivity contribution >= 4 is 76.2 Å². The van der Waals surface area contributed by atoms with Crippen molar-refractivity contribution in [1.82, 2.24) is 13.7 Å². The maximum Gasteiger partial charge on any atom is 0.0547 e. The van der Waals surface area contributed by atoms with Crippen molar-refractivity contribution in [2.75, 3.05) is 0 Å². The first-order valence-electron chi connectivity index (χ1n) is 21.1. The lowest BCUT2D eigenvalue weighted by molar-refractivity contribution is 1.14. The second kappa shape index (κ2) is 12.2. The van der Waals surface area contributed by atoms with Gasteiger partial charge >= 0.3 is 0 Å². The van der Waals surface area contributed by atoms with Gasteiger partial charge in [0, 0.05) is 54.9 Å². The third kappa shape index (κ3) is 4.47. The van der Waals surface area contributed by atoms with Crippen molar-refractivity contribution in [3.05, 3.63) is 212 Å². The summed E-state index contributed by atoms with van der Waals surface area (Å²) < 4.78 is 7.27. The topological polar surface area (TPSA) is 14.8 Å². The molecule has 0 unspecified atom stereocenters. The minimum Gasteiger partial charge on any atom is -0.309 e. The summed E-state index contributed by atoms with van der Waals surface area (Å²) in [6.45, 7) is 0. The molecular formula is C58H35N3. The standard InChI is InChI=1S/C58H35N3/c1-2-14-39(15-3-1)59-51-22-8-5-17-43(51)49-34-37(25-32-53(49)59)38-24-30-44-42-16-4-7-21-50(42)61(55(44)35-38)41-28-26-40(27-29-41)60-52-23-9-6-18-47(52)58-54(60)33-31-46-45-19-10-12-36-13-11-20-48(56(36)45)57(46)58/h1-35H. The summed E-state index contributed by atoms with van der Waals surface area (Å²) in [5, 5.41) is 10.3. The Balaban J connectivity index is 0.927. The molecule has 3 heterocycles. The highest BCUT2D eigenvalue weighted by atomic mass is 15.0. The second-order valence-corrected chi connectivity index (χ2v) is 16.5. The average molecular weight is 774 g/mol. The van der Waals surface area contributed by atoms with E-state index in [0.29, 0.717) is 0 Å². The van der Waals surface area contributed by atoms with E-state index in [4.69, 9.17) is 0 Å². The summed E-state index contributed by atoms with van der Waals surface area (Å²) in [5.74, 6) is 0. The van der Waals surface area contributed by atoms with Crippen molar-refractivity contribution < 1.29 is 0 Å². The average Bonchev–Trinajstić information content (AvgIpc) is 4.05. The molecule has 282 valence electrons. The molecule has 0 N–H and O–H groups in total. The third-order valence-electron chi connectivity index (χ3n) is 13.4. The van der Waals surface area contributed by atoms with Gasteiger partial charge in [-0.1, -0.05) is 133 Å².